The molecule has 0 amide bonds. The van der Waals surface area contributed by atoms with Crippen LogP contribution in [-0.4, -0.2) is 42.1 Å². The van der Waals surface area contributed by atoms with Gasteiger partial charge in [0.15, 0.2) is 0 Å². The maximum atomic E-state index is 10.5. The van der Waals surface area contributed by atoms with Crippen LogP contribution in [0.4, 0.5) is 0 Å². The van der Waals surface area contributed by atoms with Gasteiger partial charge in [0, 0.05) is 17.6 Å². The summed E-state index contributed by atoms with van der Waals surface area (Å²) in [6.07, 6.45) is 2.52. The third kappa shape index (κ3) is 6.54. The molecular formula is C25H35NO4. The molecule has 2 aromatic carbocycles. The van der Waals surface area contributed by atoms with Crippen molar-refractivity contribution < 1.29 is 19.7 Å². The lowest BCUT2D eigenvalue weighted by Gasteiger charge is -2.29. The molecule has 0 heterocycles. The zero-order valence-electron chi connectivity index (χ0n) is 18.3. The number of benzene rings is 2. The number of aliphatic hydroxyl groups is 2. The zero-order chi connectivity index (χ0) is 21.6. The van der Waals surface area contributed by atoms with Crippen LogP contribution >= 0.6 is 0 Å². The van der Waals surface area contributed by atoms with Gasteiger partial charge in [-0.1, -0.05) is 42.5 Å². The topological polar surface area (TPSA) is 71.0 Å². The predicted molar refractivity (Wildman–Crippen MR) is 119 cm³/mol. The number of para-hydroxylation sites is 1. The lowest BCUT2D eigenvalue weighted by molar-refractivity contribution is -0.0219. The largest absolute Gasteiger partial charge is 0.496 e. The van der Waals surface area contributed by atoms with E-state index in [4.69, 9.17) is 9.47 Å². The summed E-state index contributed by atoms with van der Waals surface area (Å²) < 4.78 is 11.7. The summed E-state index contributed by atoms with van der Waals surface area (Å²) >= 11 is 0. The fraction of sp³-hybridized carbons (Fsp3) is 0.520. The van der Waals surface area contributed by atoms with Gasteiger partial charge in [0.25, 0.3) is 0 Å². The molecule has 164 valence electrons. The lowest BCUT2D eigenvalue weighted by Crippen LogP contribution is -2.46. The Bertz CT molecular complexity index is 786. The molecule has 1 saturated carbocycles. The standard InChI is InChI=1S/C25H35NO4/c1-25(2,14-18-8-10-19(16-27)11-9-18)26-15-21(28)17-30-24(20-12-13-20)22-6-4-5-7-23(22)29-3/h4-11,20-21,24,26-28H,12-17H2,1-3H3. The van der Waals surface area contributed by atoms with E-state index in [2.05, 4.69) is 25.2 Å². The second-order valence-corrected chi connectivity index (χ2v) is 8.90. The van der Waals surface area contributed by atoms with E-state index in [1.54, 1.807) is 7.11 Å². The molecule has 30 heavy (non-hydrogen) atoms. The highest BCUT2D eigenvalue weighted by Gasteiger charge is 2.35. The molecule has 2 atom stereocenters. The Hall–Kier alpha value is -1.92. The summed E-state index contributed by atoms with van der Waals surface area (Å²) in [5.74, 6) is 1.34. The molecule has 0 saturated heterocycles. The van der Waals surface area contributed by atoms with Crippen molar-refractivity contribution >= 4 is 0 Å². The van der Waals surface area contributed by atoms with E-state index in [9.17, 15) is 10.2 Å². The molecule has 3 rings (SSSR count). The van der Waals surface area contributed by atoms with Crippen LogP contribution in [0.15, 0.2) is 48.5 Å². The number of hydrogen-bond acceptors (Lipinski definition) is 5. The molecule has 0 aromatic heterocycles. The summed E-state index contributed by atoms with van der Waals surface area (Å²) in [7, 11) is 1.68. The Morgan fingerprint density at radius 2 is 1.73 bits per heavy atom. The van der Waals surface area contributed by atoms with Crippen molar-refractivity contribution in [3.05, 3.63) is 65.2 Å². The van der Waals surface area contributed by atoms with Crippen LogP contribution in [-0.2, 0) is 17.8 Å². The molecule has 1 aliphatic rings. The van der Waals surface area contributed by atoms with Crippen molar-refractivity contribution in [2.24, 2.45) is 5.92 Å². The van der Waals surface area contributed by atoms with Crippen molar-refractivity contribution in [1.82, 2.24) is 5.32 Å². The predicted octanol–water partition coefficient (Wildman–Crippen LogP) is 3.63. The maximum absolute atomic E-state index is 10.5. The maximum Gasteiger partial charge on any atom is 0.124 e. The van der Waals surface area contributed by atoms with Gasteiger partial charge >= 0.3 is 0 Å². The molecule has 0 radical (unpaired) electrons. The molecular weight excluding hydrogens is 378 g/mol. The van der Waals surface area contributed by atoms with Gasteiger partial charge in [0.05, 0.1) is 32.5 Å². The van der Waals surface area contributed by atoms with Crippen molar-refractivity contribution in [1.29, 1.82) is 0 Å². The summed E-state index contributed by atoms with van der Waals surface area (Å²) in [5, 5.41) is 23.2. The number of aliphatic hydroxyl groups excluding tert-OH is 2. The Morgan fingerprint density at radius 3 is 2.37 bits per heavy atom. The Kier molecular flexibility index (Phi) is 7.89. The molecule has 5 nitrogen and oxygen atoms in total. The minimum atomic E-state index is -0.586. The second-order valence-electron chi connectivity index (χ2n) is 8.90. The number of rotatable bonds is 12. The summed E-state index contributed by atoms with van der Waals surface area (Å²) in [6, 6.07) is 16.0. The lowest BCUT2D eigenvalue weighted by atomic mass is 9.94. The number of β-amino-alcohol motifs (C(OH)–C–C–N with tert-alkyl or cyclic N) is 1. The van der Waals surface area contributed by atoms with Crippen molar-refractivity contribution in [2.45, 2.75) is 57.5 Å². The Morgan fingerprint density at radius 1 is 1.07 bits per heavy atom. The summed E-state index contributed by atoms with van der Waals surface area (Å²) in [5.41, 5.74) is 3.01. The average molecular weight is 414 g/mol. The Balaban J connectivity index is 1.49. The highest BCUT2D eigenvalue weighted by Crippen LogP contribution is 2.45. The van der Waals surface area contributed by atoms with Gasteiger partial charge in [-0.15, -0.1) is 0 Å². The van der Waals surface area contributed by atoms with Crippen LogP contribution in [0.3, 0.4) is 0 Å². The monoisotopic (exact) mass is 413 g/mol. The van der Waals surface area contributed by atoms with E-state index in [1.165, 1.54) is 5.56 Å². The highest BCUT2D eigenvalue weighted by molar-refractivity contribution is 5.36. The summed E-state index contributed by atoms with van der Waals surface area (Å²) in [6.45, 7) is 5.06. The first-order valence-electron chi connectivity index (χ1n) is 10.8. The first kappa shape index (κ1) is 22.8. The average Bonchev–Trinajstić information content (AvgIpc) is 3.58. The quantitative estimate of drug-likeness (QED) is 0.496. The third-order valence-electron chi connectivity index (χ3n) is 5.63. The zero-order valence-corrected chi connectivity index (χ0v) is 18.3. The second kappa shape index (κ2) is 10.4. The smallest absolute Gasteiger partial charge is 0.124 e. The molecule has 0 aliphatic heterocycles. The minimum Gasteiger partial charge on any atom is -0.496 e. The van der Waals surface area contributed by atoms with E-state index in [0.717, 1.165) is 36.1 Å². The van der Waals surface area contributed by atoms with E-state index in [0.29, 0.717) is 12.5 Å². The van der Waals surface area contributed by atoms with E-state index >= 15 is 0 Å². The normalized spacial score (nSPS) is 16.3. The fourth-order valence-corrected chi connectivity index (χ4v) is 3.78. The van der Waals surface area contributed by atoms with Gasteiger partial charge in [0.2, 0.25) is 0 Å². The first-order valence-corrected chi connectivity index (χ1v) is 10.8. The van der Waals surface area contributed by atoms with Gasteiger partial charge in [-0.25, -0.2) is 0 Å². The van der Waals surface area contributed by atoms with Crippen molar-refractivity contribution in [3.63, 3.8) is 0 Å². The minimum absolute atomic E-state index is 0.0335. The molecule has 5 heteroatoms. The van der Waals surface area contributed by atoms with Crippen molar-refractivity contribution in [2.75, 3.05) is 20.3 Å². The van der Waals surface area contributed by atoms with Crippen LogP contribution in [0.5, 0.6) is 5.75 Å². The van der Waals surface area contributed by atoms with Crippen LogP contribution in [0.25, 0.3) is 0 Å². The van der Waals surface area contributed by atoms with Crippen LogP contribution in [0.1, 0.15) is 49.5 Å². The fourth-order valence-electron chi connectivity index (χ4n) is 3.78. The Labute approximate surface area is 180 Å². The van der Waals surface area contributed by atoms with Gasteiger partial charge < -0.3 is 25.0 Å². The van der Waals surface area contributed by atoms with Gasteiger partial charge in [-0.05, 0) is 56.2 Å². The van der Waals surface area contributed by atoms with Gasteiger partial charge in [-0.3, -0.25) is 0 Å². The molecule has 3 N–H and O–H groups in total. The molecule has 0 spiro atoms. The molecule has 1 aliphatic carbocycles. The summed E-state index contributed by atoms with van der Waals surface area (Å²) in [4.78, 5) is 0. The van der Waals surface area contributed by atoms with Crippen LogP contribution in [0.2, 0.25) is 0 Å². The van der Waals surface area contributed by atoms with Crippen molar-refractivity contribution in [3.8, 4) is 5.75 Å². The molecule has 1 fully saturated rings. The molecule has 2 unspecified atom stereocenters. The van der Waals surface area contributed by atoms with Gasteiger partial charge in [0.1, 0.15) is 5.75 Å². The first-order chi connectivity index (χ1) is 14.4. The highest BCUT2D eigenvalue weighted by atomic mass is 16.5. The van der Waals surface area contributed by atoms with Gasteiger partial charge in [-0.2, -0.15) is 0 Å². The van der Waals surface area contributed by atoms with Crippen LogP contribution in [0, 0.1) is 5.92 Å². The number of nitrogens with one attached hydrogen (secondary N) is 1. The SMILES string of the molecule is COc1ccccc1C(OCC(O)CNC(C)(C)Cc1ccc(CO)cc1)C1CC1. The van der Waals surface area contributed by atoms with E-state index in [1.807, 2.05) is 42.5 Å². The number of methoxy groups -OCH3 is 1. The molecule has 2 aromatic rings. The van der Waals surface area contributed by atoms with E-state index < -0.39 is 6.10 Å². The van der Waals surface area contributed by atoms with E-state index in [-0.39, 0.29) is 24.9 Å². The number of ether oxygens (including phenoxy) is 2. The molecule has 0 bridgehead atoms. The third-order valence-corrected chi connectivity index (χ3v) is 5.63. The van der Waals surface area contributed by atoms with Crippen LogP contribution < -0.4 is 10.1 Å². The number of hydrogen-bond donors (Lipinski definition) is 3.